The molecule has 0 spiro atoms. The van der Waals surface area contributed by atoms with Crippen molar-refractivity contribution < 1.29 is 14.5 Å². The molecule has 0 unspecified atom stereocenters. The van der Waals surface area contributed by atoms with Crippen molar-refractivity contribution in [1.29, 1.82) is 0 Å². The van der Waals surface area contributed by atoms with E-state index in [1.807, 2.05) is 13.8 Å². The summed E-state index contributed by atoms with van der Waals surface area (Å²) >= 11 is 0. The second-order valence-corrected chi connectivity index (χ2v) is 5.83. The molecular formula is C15H20N2O4. The lowest BCUT2D eigenvalue weighted by atomic mass is 9.92. The first-order valence-corrected chi connectivity index (χ1v) is 7.05. The Kier molecular flexibility index (Phi) is 4.57. The Morgan fingerprint density at radius 1 is 1.38 bits per heavy atom. The number of nitro benzene ring substituents is 1. The van der Waals surface area contributed by atoms with Crippen molar-refractivity contribution in [2.24, 2.45) is 5.92 Å². The zero-order valence-electron chi connectivity index (χ0n) is 12.3. The number of rotatable bonds is 4. The minimum atomic E-state index is -0.580. The summed E-state index contributed by atoms with van der Waals surface area (Å²) in [6.45, 7) is 4.95. The predicted octanol–water partition coefficient (Wildman–Crippen LogP) is 2.37. The zero-order chi connectivity index (χ0) is 15.5. The van der Waals surface area contributed by atoms with E-state index in [0.29, 0.717) is 6.61 Å². The van der Waals surface area contributed by atoms with E-state index in [0.717, 1.165) is 25.0 Å². The Morgan fingerprint density at radius 3 is 2.57 bits per heavy atom. The van der Waals surface area contributed by atoms with Crippen LogP contribution in [0.4, 0.5) is 5.69 Å². The average Bonchev–Trinajstić information content (AvgIpc) is 2.48. The summed E-state index contributed by atoms with van der Waals surface area (Å²) in [5, 5.41) is 13.7. The summed E-state index contributed by atoms with van der Waals surface area (Å²) in [5.41, 5.74) is 0.295. The van der Waals surface area contributed by atoms with Crippen molar-refractivity contribution in [2.45, 2.75) is 32.2 Å². The van der Waals surface area contributed by atoms with Gasteiger partial charge in [-0.3, -0.25) is 14.9 Å². The van der Waals surface area contributed by atoms with Crippen LogP contribution in [0.2, 0.25) is 0 Å². The van der Waals surface area contributed by atoms with Crippen LogP contribution >= 0.6 is 0 Å². The van der Waals surface area contributed by atoms with Gasteiger partial charge in [0.05, 0.1) is 23.0 Å². The van der Waals surface area contributed by atoms with E-state index in [1.54, 1.807) is 12.1 Å². The van der Waals surface area contributed by atoms with Gasteiger partial charge in [0.15, 0.2) is 0 Å². The molecule has 6 nitrogen and oxygen atoms in total. The van der Waals surface area contributed by atoms with Crippen LogP contribution in [0.3, 0.4) is 0 Å². The molecule has 0 radical (unpaired) electrons. The van der Waals surface area contributed by atoms with E-state index < -0.39 is 10.5 Å². The SMILES string of the molecule is CC(C)(NC(=O)[C@@H]1CCCOC1)c1ccc([N+](=O)[O-])cc1. The number of nitrogens with zero attached hydrogens (tertiary/aromatic N) is 1. The van der Waals surface area contributed by atoms with Gasteiger partial charge in [0.2, 0.25) is 5.91 Å². The Labute approximate surface area is 123 Å². The maximum atomic E-state index is 12.3. The second-order valence-electron chi connectivity index (χ2n) is 5.83. The minimum Gasteiger partial charge on any atom is -0.381 e. The summed E-state index contributed by atoms with van der Waals surface area (Å²) in [7, 11) is 0. The number of carbonyl (C=O) groups excluding carboxylic acids is 1. The molecule has 1 saturated heterocycles. The summed E-state index contributed by atoms with van der Waals surface area (Å²) in [4.78, 5) is 22.5. The lowest BCUT2D eigenvalue weighted by molar-refractivity contribution is -0.384. The van der Waals surface area contributed by atoms with Crippen molar-refractivity contribution in [3.05, 3.63) is 39.9 Å². The molecule has 1 heterocycles. The Morgan fingerprint density at radius 2 is 2.05 bits per heavy atom. The molecule has 1 aromatic carbocycles. The molecule has 1 aromatic rings. The van der Waals surface area contributed by atoms with Gasteiger partial charge in [0.1, 0.15) is 0 Å². The van der Waals surface area contributed by atoms with Crippen LogP contribution in [0.5, 0.6) is 0 Å². The van der Waals surface area contributed by atoms with Crippen LogP contribution in [0, 0.1) is 16.0 Å². The van der Waals surface area contributed by atoms with Gasteiger partial charge in [-0.2, -0.15) is 0 Å². The summed E-state index contributed by atoms with van der Waals surface area (Å²) in [5.74, 6) is -0.144. The number of hydrogen-bond donors (Lipinski definition) is 1. The topological polar surface area (TPSA) is 81.5 Å². The molecule has 114 valence electrons. The van der Waals surface area contributed by atoms with Crippen molar-refractivity contribution in [3.63, 3.8) is 0 Å². The first kappa shape index (κ1) is 15.4. The molecule has 0 bridgehead atoms. The number of non-ortho nitro benzene ring substituents is 1. The molecule has 6 heteroatoms. The van der Waals surface area contributed by atoms with Crippen LogP contribution in [0.1, 0.15) is 32.3 Å². The van der Waals surface area contributed by atoms with Crippen LogP contribution in [-0.2, 0) is 15.1 Å². The number of nitrogens with one attached hydrogen (secondary N) is 1. The maximum absolute atomic E-state index is 12.3. The van der Waals surface area contributed by atoms with Gasteiger partial charge in [0, 0.05) is 18.7 Å². The van der Waals surface area contributed by atoms with Crippen LogP contribution in [-0.4, -0.2) is 24.0 Å². The standard InChI is InChI=1S/C15H20N2O4/c1-15(2,12-5-7-13(8-6-12)17(19)20)16-14(18)11-4-3-9-21-10-11/h5-8,11H,3-4,9-10H2,1-2H3,(H,16,18)/t11-/m1/s1. The molecule has 1 N–H and O–H groups in total. The fourth-order valence-electron chi connectivity index (χ4n) is 2.43. The summed E-state index contributed by atoms with van der Waals surface area (Å²) < 4.78 is 5.33. The van der Waals surface area contributed by atoms with Gasteiger partial charge in [0.25, 0.3) is 5.69 Å². The highest BCUT2D eigenvalue weighted by atomic mass is 16.6. The fourth-order valence-corrected chi connectivity index (χ4v) is 2.43. The molecule has 1 atom stereocenters. The van der Waals surface area contributed by atoms with Gasteiger partial charge >= 0.3 is 0 Å². The molecule has 0 aliphatic carbocycles. The number of carbonyl (C=O) groups is 1. The molecular weight excluding hydrogens is 272 g/mol. The molecule has 2 rings (SSSR count). The third kappa shape index (κ3) is 3.78. The number of amides is 1. The average molecular weight is 292 g/mol. The summed E-state index contributed by atoms with van der Waals surface area (Å²) in [6, 6.07) is 6.26. The normalized spacial score (nSPS) is 19.0. The van der Waals surface area contributed by atoms with E-state index >= 15 is 0 Å². The third-order valence-electron chi connectivity index (χ3n) is 3.77. The predicted molar refractivity (Wildman–Crippen MR) is 77.8 cm³/mol. The molecule has 21 heavy (non-hydrogen) atoms. The minimum absolute atomic E-state index is 0.0296. The molecule has 1 amide bonds. The molecule has 1 fully saturated rings. The van der Waals surface area contributed by atoms with E-state index in [2.05, 4.69) is 5.32 Å². The third-order valence-corrected chi connectivity index (χ3v) is 3.77. The lowest BCUT2D eigenvalue weighted by Crippen LogP contribution is -2.45. The second kappa shape index (κ2) is 6.22. The van der Waals surface area contributed by atoms with E-state index in [9.17, 15) is 14.9 Å². The Bertz CT molecular complexity index is 519. The van der Waals surface area contributed by atoms with Gasteiger partial charge < -0.3 is 10.1 Å². The molecule has 0 saturated carbocycles. The number of ether oxygens (including phenoxy) is 1. The quantitative estimate of drug-likeness (QED) is 0.682. The maximum Gasteiger partial charge on any atom is 0.269 e. The number of nitro groups is 1. The number of benzene rings is 1. The molecule has 1 aliphatic rings. The lowest BCUT2D eigenvalue weighted by Gasteiger charge is -2.30. The molecule has 0 aromatic heterocycles. The van der Waals surface area contributed by atoms with Crippen molar-refractivity contribution in [3.8, 4) is 0 Å². The van der Waals surface area contributed by atoms with Gasteiger partial charge in [-0.15, -0.1) is 0 Å². The first-order valence-electron chi connectivity index (χ1n) is 7.05. The fraction of sp³-hybridized carbons (Fsp3) is 0.533. The van der Waals surface area contributed by atoms with Crippen LogP contribution in [0.15, 0.2) is 24.3 Å². The summed E-state index contributed by atoms with van der Waals surface area (Å²) in [6.07, 6.45) is 1.73. The highest BCUT2D eigenvalue weighted by Crippen LogP contribution is 2.24. The zero-order valence-corrected chi connectivity index (χ0v) is 12.3. The highest BCUT2D eigenvalue weighted by molar-refractivity contribution is 5.79. The largest absolute Gasteiger partial charge is 0.381 e. The monoisotopic (exact) mass is 292 g/mol. The Hall–Kier alpha value is -1.95. The van der Waals surface area contributed by atoms with Crippen LogP contribution in [0.25, 0.3) is 0 Å². The van der Waals surface area contributed by atoms with Crippen LogP contribution < -0.4 is 5.32 Å². The molecule has 1 aliphatic heterocycles. The van der Waals surface area contributed by atoms with Crippen molar-refractivity contribution >= 4 is 11.6 Å². The van der Waals surface area contributed by atoms with Gasteiger partial charge in [-0.25, -0.2) is 0 Å². The Balaban J connectivity index is 2.06. The van der Waals surface area contributed by atoms with Crippen molar-refractivity contribution in [2.75, 3.05) is 13.2 Å². The van der Waals surface area contributed by atoms with Gasteiger partial charge in [-0.1, -0.05) is 0 Å². The number of hydrogen-bond acceptors (Lipinski definition) is 4. The van der Waals surface area contributed by atoms with E-state index in [4.69, 9.17) is 4.74 Å². The van der Waals surface area contributed by atoms with E-state index in [-0.39, 0.29) is 17.5 Å². The first-order chi connectivity index (χ1) is 9.90. The van der Waals surface area contributed by atoms with Crippen molar-refractivity contribution in [1.82, 2.24) is 5.32 Å². The van der Waals surface area contributed by atoms with Gasteiger partial charge in [-0.05, 0) is 44.4 Å². The van der Waals surface area contributed by atoms with E-state index in [1.165, 1.54) is 12.1 Å². The highest BCUT2D eigenvalue weighted by Gasteiger charge is 2.28. The smallest absolute Gasteiger partial charge is 0.269 e.